The third-order valence-electron chi connectivity index (χ3n) is 0. The maximum absolute atomic E-state index is 0. The summed E-state index contributed by atoms with van der Waals surface area (Å²) in [5.74, 6) is 0. The zero-order valence-electron chi connectivity index (χ0n) is 17.0. The summed E-state index contributed by atoms with van der Waals surface area (Å²) in [5, 5.41) is 0. The lowest BCUT2D eigenvalue weighted by atomic mass is 16.0. The van der Waals surface area contributed by atoms with Crippen LogP contribution in [0.15, 0.2) is 0 Å². The van der Waals surface area contributed by atoms with Gasteiger partial charge in [0.2, 0.25) is 0 Å². The Morgan fingerprint density at radius 2 is 0.0294 bits per heavy atom. The van der Waals surface area contributed by atoms with Crippen molar-refractivity contribution in [3.8, 4) is 0 Å². The molecule has 0 unspecified atom stereocenters. The molecule has 0 spiro atoms. The van der Waals surface area contributed by atoms with E-state index in [2.05, 4.69) is 0 Å². The van der Waals surface area contributed by atoms with Crippen LogP contribution in [-0.4, -0.2) is 186 Å². The third-order valence-corrected chi connectivity index (χ3v) is 0. The van der Waals surface area contributed by atoms with Gasteiger partial charge in [-0.2, -0.15) is 0 Å². The Morgan fingerprint density at radius 1 is 0.0294 bits per heavy atom. The lowest BCUT2D eigenvalue weighted by Gasteiger charge is -0.413. The Kier molecular flexibility index (Phi) is 8340000. The highest BCUT2D eigenvalue weighted by Crippen LogP contribution is -0.256. The van der Waals surface area contributed by atoms with Crippen LogP contribution >= 0.6 is 0 Å². The molecule has 34 heteroatoms. The van der Waals surface area contributed by atoms with E-state index < -0.39 is 0 Å². The molecule has 0 rings (SSSR count). The first kappa shape index (κ1) is 17700. The van der Waals surface area contributed by atoms with Gasteiger partial charge in [0, 0.05) is 0 Å². The molecule has 0 atom stereocenters. The van der Waals surface area contributed by atoms with Crippen molar-refractivity contribution in [1.29, 1.82) is 0 Å². The second-order valence-corrected chi connectivity index (χ2v) is 0. The van der Waals surface area contributed by atoms with Gasteiger partial charge < -0.3 is 186 Å². The molecule has 0 aromatic heterocycles. The molecule has 0 heterocycles. The molecule has 68 N–H and O–H groups in total. The molecule has 272 valence electrons. The standard InChI is InChI=1S/34H2O/h34*1H2. The molecule has 0 saturated heterocycles. The van der Waals surface area contributed by atoms with Gasteiger partial charge in [-0.05, 0) is 0 Å². The first-order chi connectivity index (χ1) is 0. The van der Waals surface area contributed by atoms with E-state index in [0.717, 1.165) is 0 Å². The number of hydrogen-bond donors (Lipinski definition) is 0. The summed E-state index contributed by atoms with van der Waals surface area (Å²) in [6, 6.07) is 0. The van der Waals surface area contributed by atoms with Gasteiger partial charge in [0.15, 0.2) is 0 Å². The smallest absolute Gasteiger partial charge is 0.412 e. The minimum absolute atomic E-state index is 0. The Balaban J connectivity index is 0. The summed E-state index contributed by atoms with van der Waals surface area (Å²) in [4.78, 5) is 0. The fourth-order valence-corrected chi connectivity index (χ4v) is 0. The zero-order valence-corrected chi connectivity index (χ0v) is 17.0. The Labute approximate surface area is 188 Å². The summed E-state index contributed by atoms with van der Waals surface area (Å²) in [6.45, 7) is 0. The highest BCUT2D eigenvalue weighted by atomic mass is 16.0. The summed E-state index contributed by atoms with van der Waals surface area (Å²) < 4.78 is 0. The van der Waals surface area contributed by atoms with Crippen LogP contribution in [0.1, 0.15) is 0 Å². The number of hydrogen-bond acceptors (Lipinski definition) is 0. The molecule has 0 aromatic rings. The van der Waals surface area contributed by atoms with Crippen LogP contribution in [0.25, 0.3) is 0 Å². The molecule has 34 nitrogen and oxygen atoms in total. The van der Waals surface area contributed by atoms with Crippen LogP contribution in [0.4, 0.5) is 0 Å². The fourth-order valence-electron chi connectivity index (χ4n) is 0. The van der Waals surface area contributed by atoms with E-state index in [9.17, 15) is 0 Å². The molecule has 0 aromatic carbocycles. The molecule has 0 aliphatic carbocycles. The van der Waals surface area contributed by atoms with Crippen LogP contribution in [0, 0.1) is 0 Å². The average Bonchev–Trinajstić information content (AvgIpc) is 0. The maximum Gasteiger partial charge on any atom is -0.412 e. The second-order valence-electron chi connectivity index (χ2n) is 0. The maximum atomic E-state index is 0. The van der Waals surface area contributed by atoms with Crippen LogP contribution in [0.3, 0.4) is 0 Å². The van der Waals surface area contributed by atoms with E-state index in [-0.39, 0.29) is 186 Å². The molecular weight excluding hydrogens is 544 g/mol. The quantitative estimate of drug-likeness (QED) is 0.246. The van der Waals surface area contributed by atoms with Gasteiger partial charge in [0.05, 0.1) is 0 Å². The summed E-state index contributed by atoms with van der Waals surface area (Å²) >= 11 is 0. The van der Waals surface area contributed by atoms with Crippen molar-refractivity contribution >= 4 is 0 Å². The highest BCUT2D eigenvalue weighted by molar-refractivity contribution is 0.857. The van der Waals surface area contributed by atoms with Crippen molar-refractivity contribution < 1.29 is 186 Å². The third kappa shape index (κ3) is 14600. The first-order valence-corrected chi connectivity index (χ1v) is 0. The molecule has 0 radical (unpaired) electrons. The second kappa shape index (κ2) is 16100. The predicted octanol–water partition coefficient (Wildman–Crippen LogP) is -28.0. The largest absolute Gasteiger partial charge is 0.412 e. The topological polar surface area (TPSA) is 1070 Å². The minimum atomic E-state index is 0. The molecular formula is H68O34. The van der Waals surface area contributed by atoms with Crippen molar-refractivity contribution in [2.45, 2.75) is 0 Å². The molecule has 0 aliphatic heterocycles. The molecule has 0 saturated carbocycles. The molecule has 0 amide bonds. The van der Waals surface area contributed by atoms with Crippen molar-refractivity contribution in [3.63, 3.8) is 0 Å². The predicted molar refractivity (Wildman–Crippen MR) is 123 cm³/mol. The zero-order chi connectivity index (χ0) is 0. The summed E-state index contributed by atoms with van der Waals surface area (Å²) in [5.41, 5.74) is 0. The van der Waals surface area contributed by atoms with E-state index in [0.29, 0.717) is 0 Å². The van der Waals surface area contributed by atoms with Crippen molar-refractivity contribution in [3.05, 3.63) is 0 Å². The van der Waals surface area contributed by atoms with Crippen LogP contribution in [-0.2, 0) is 0 Å². The van der Waals surface area contributed by atoms with E-state index in [4.69, 9.17) is 0 Å². The van der Waals surface area contributed by atoms with Crippen molar-refractivity contribution in [2.24, 2.45) is 0 Å². The lowest BCUT2D eigenvalue weighted by molar-refractivity contribution is 0.823. The van der Waals surface area contributed by atoms with Crippen molar-refractivity contribution in [1.82, 2.24) is 0 Å². The van der Waals surface area contributed by atoms with E-state index in [1.54, 1.807) is 0 Å². The lowest BCUT2D eigenvalue weighted by Crippen LogP contribution is -0.290. The van der Waals surface area contributed by atoms with Crippen LogP contribution < -0.4 is 0 Å². The fraction of sp³-hybridized carbons (Fsp3) is 0. The number of rotatable bonds is 0. The van der Waals surface area contributed by atoms with E-state index in [1.165, 1.54) is 0 Å². The Hall–Kier alpha value is -1.36. The molecule has 0 aliphatic rings. The average molecular weight is 613 g/mol. The van der Waals surface area contributed by atoms with Crippen LogP contribution in [0.2, 0.25) is 0 Å². The highest BCUT2D eigenvalue weighted by Gasteiger charge is -0.379. The van der Waals surface area contributed by atoms with Gasteiger partial charge in [0.1, 0.15) is 0 Å². The van der Waals surface area contributed by atoms with Gasteiger partial charge in [-0.3, -0.25) is 0 Å². The summed E-state index contributed by atoms with van der Waals surface area (Å²) in [7, 11) is 0. The molecule has 0 bridgehead atoms. The van der Waals surface area contributed by atoms with Crippen LogP contribution in [0.5, 0.6) is 0 Å². The van der Waals surface area contributed by atoms with Gasteiger partial charge in [0.25, 0.3) is 0 Å². The monoisotopic (exact) mass is 612 g/mol. The minimum Gasteiger partial charge on any atom is -0.412 e. The van der Waals surface area contributed by atoms with Crippen molar-refractivity contribution in [2.75, 3.05) is 0 Å². The van der Waals surface area contributed by atoms with Gasteiger partial charge in [-0.1, -0.05) is 0 Å². The van der Waals surface area contributed by atoms with Gasteiger partial charge in [-0.15, -0.1) is 0 Å². The van der Waals surface area contributed by atoms with E-state index >= 15 is 0 Å². The molecule has 34 heavy (non-hydrogen) atoms. The first-order valence-electron chi connectivity index (χ1n) is 0. The Morgan fingerprint density at radius 3 is 0.0294 bits per heavy atom. The van der Waals surface area contributed by atoms with Gasteiger partial charge >= 0.3 is 0 Å². The van der Waals surface area contributed by atoms with Gasteiger partial charge in [-0.25, -0.2) is 0 Å². The Bertz CT molecular complexity index is 0. The summed E-state index contributed by atoms with van der Waals surface area (Å²) in [6.07, 6.45) is 0. The normalized spacial score (nSPS) is 0. The molecule has 0 fully saturated rings. The van der Waals surface area contributed by atoms with E-state index in [1.807, 2.05) is 0 Å². The SMILES string of the molecule is O.O.O.O.O.O.O.O.O.O.O.O.O.O.O.O.O.O.O.O.O.O.O.O.O.O.O.O.O.O.O.O.O.O.